The number of benzene rings is 1. The Kier molecular flexibility index (Phi) is 5.29. The minimum absolute atomic E-state index is 0.0760. The first-order valence-electron chi connectivity index (χ1n) is 7.74. The van der Waals surface area contributed by atoms with Gasteiger partial charge in [-0.05, 0) is 44.7 Å². The van der Waals surface area contributed by atoms with Crippen LogP contribution in [0, 0.1) is 6.92 Å². The molecule has 1 aliphatic heterocycles. The lowest BCUT2D eigenvalue weighted by atomic mass is 9.97. The highest BCUT2D eigenvalue weighted by molar-refractivity contribution is 5.92. The van der Waals surface area contributed by atoms with Gasteiger partial charge in [0.2, 0.25) is 0 Å². The maximum atomic E-state index is 12.6. The monoisotopic (exact) mass is 306 g/mol. The summed E-state index contributed by atoms with van der Waals surface area (Å²) in [6.07, 6.45) is 2.77. The van der Waals surface area contributed by atoms with E-state index in [2.05, 4.69) is 12.2 Å². The molecule has 1 N–H and O–H groups in total. The van der Waals surface area contributed by atoms with Crippen molar-refractivity contribution in [3.8, 4) is 5.75 Å². The second-order valence-electron chi connectivity index (χ2n) is 6.08. The molecule has 1 aromatic carbocycles. The number of ether oxygens (including phenoxy) is 2. The predicted molar refractivity (Wildman–Crippen MR) is 87.6 cm³/mol. The number of para-hydroxylation sites is 1. The molecular weight excluding hydrogens is 280 g/mol. The lowest BCUT2D eigenvalue weighted by Crippen LogP contribution is -2.37. The van der Waals surface area contributed by atoms with Gasteiger partial charge in [0.05, 0.1) is 18.4 Å². The molecule has 1 atom stereocenters. The number of anilines is 1. The van der Waals surface area contributed by atoms with Crippen molar-refractivity contribution < 1.29 is 14.3 Å². The van der Waals surface area contributed by atoms with Crippen molar-refractivity contribution in [3.05, 3.63) is 23.8 Å². The first-order chi connectivity index (χ1) is 10.5. The van der Waals surface area contributed by atoms with Crippen molar-refractivity contribution in [2.45, 2.75) is 38.7 Å². The third kappa shape index (κ3) is 3.71. The Labute approximate surface area is 132 Å². The standard InChI is InChI=1S/C17H26N2O3/c1-13-7-5-8-14(21-3)15(13)18-16(20)19-11-6-9-17(2,22-4)10-12-19/h5,7-8H,6,9-12H2,1-4H3,(H,18,20)/t17-/m1/s1. The van der Waals surface area contributed by atoms with Crippen molar-refractivity contribution in [1.29, 1.82) is 0 Å². The molecular formula is C17H26N2O3. The molecule has 1 saturated heterocycles. The third-order valence-electron chi connectivity index (χ3n) is 4.51. The molecule has 0 aromatic heterocycles. The second kappa shape index (κ2) is 7.01. The van der Waals surface area contributed by atoms with E-state index in [0.717, 1.165) is 37.1 Å². The van der Waals surface area contributed by atoms with Crippen molar-refractivity contribution in [1.82, 2.24) is 4.90 Å². The molecule has 0 aliphatic carbocycles. The van der Waals surface area contributed by atoms with E-state index in [-0.39, 0.29) is 11.6 Å². The molecule has 0 unspecified atom stereocenters. The van der Waals surface area contributed by atoms with E-state index in [9.17, 15) is 4.79 Å². The van der Waals surface area contributed by atoms with E-state index in [1.807, 2.05) is 30.0 Å². The van der Waals surface area contributed by atoms with Crippen molar-refractivity contribution >= 4 is 11.7 Å². The van der Waals surface area contributed by atoms with Crippen LogP contribution in [0.1, 0.15) is 31.7 Å². The number of carbonyl (C=O) groups excluding carboxylic acids is 1. The van der Waals surface area contributed by atoms with Gasteiger partial charge in [0.25, 0.3) is 0 Å². The van der Waals surface area contributed by atoms with Gasteiger partial charge in [0.15, 0.2) is 0 Å². The summed E-state index contributed by atoms with van der Waals surface area (Å²) in [5, 5.41) is 2.99. The molecule has 5 nitrogen and oxygen atoms in total. The number of nitrogens with one attached hydrogen (secondary N) is 1. The van der Waals surface area contributed by atoms with E-state index in [1.54, 1.807) is 14.2 Å². The van der Waals surface area contributed by atoms with Crippen LogP contribution in [-0.4, -0.2) is 43.8 Å². The van der Waals surface area contributed by atoms with E-state index in [1.165, 1.54) is 0 Å². The molecule has 1 fully saturated rings. The van der Waals surface area contributed by atoms with Crippen LogP contribution in [0.25, 0.3) is 0 Å². The van der Waals surface area contributed by atoms with Gasteiger partial charge in [0.1, 0.15) is 5.75 Å². The predicted octanol–water partition coefficient (Wildman–Crippen LogP) is 3.43. The molecule has 2 amide bonds. The smallest absolute Gasteiger partial charge is 0.321 e. The molecule has 0 bridgehead atoms. The Balaban J connectivity index is 2.07. The van der Waals surface area contributed by atoms with Crippen LogP contribution in [-0.2, 0) is 4.74 Å². The van der Waals surface area contributed by atoms with Crippen molar-refractivity contribution in [2.75, 3.05) is 32.6 Å². The molecule has 1 heterocycles. The lowest BCUT2D eigenvalue weighted by molar-refractivity contribution is -0.00492. The molecule has 22 heavy (non-hydrogen) atoms. The summed E-state index contributed by atoms with van der Waals surface area (Å²) in [5.41, 5.74) is 1.60. The van der Waals surface area contributed by atoms with Crippen LogP contribution in [0.3, 0.4) is 0 Å². The molecule has 1 aromatic rings. The Bertz CT molecular complexity index is 533. The van der Waals surface area contributed by atoms with Crippen LogP contribution in [0.5, 0.6) is 5.75 Å². The number of likely N-dealkylation sites (tertiary alicyclic amines) is 1. The zero-order chi connectivity index (χ0) is 16.2. The van der Waals surface area contributed by atoms with Crippen LogP contribution in [0.2, 0.25) is 0 Å². The summed E-state index contributed by atoms with van der Waals surface area (Å²) in [4.78, 5) is 14.4. The molecule has 2 rings (SSSR count). The number of carbonyl (C=O) groups is 1. The second-order valence-corrected chi connectivity index (χ2v) is 6.08. The average molecular weight is 306 g/mol. The molecule has 5 heteroatoms. The Morgan fingerprint density at radius 3 is 2.73 bits per heavy atom. The van der Waals surface area contributed by atoms with Gasteiger partial charge in [-0.2, -0.15) is 0 Å². The molecule has 122 valence electrons. The molecule has 1 aliphatic rings. The number of hydrogen-bond acceptors (Lipinski definition) is 3. The summed E-state index contributed by atoms with van der Waals surface area (Å²) in [5.74, 6) is 0.685. The SMILES string of the molecule is COc1cccc(C)c1NC(=O)N1CCC[C@@](C)(OC)CC1. The number of hydrogen-bond donors (Lipinski definition) is 1. The molecule has 0 saturated carbocycles. The number of methoxy groups -OCH3 is 2. The van der Waals surface area contributed by atoms with Crippen LogP contribution in [0.15, 0.2) is 18.2 Å². The third-order valence-corrected chi connectivity index (χ3v) is 4.51. The number of urea groups is 1. The summed E-state index contributed by atoms with van der Waals surface area (Å²) >= 11 is 0. The topological polar surface area (TPSA) is 50.8 Å². The van der Waals surface area contributed by atoms with Crippen LogP contribution in [0.4, 0.5) is 10.5 Å². The largest absolute Gasteiger partial charge is 0.495 e. The summed E-state index contributed by atoms with van der Waals surface area (Å²) < 4.78 is 10.9. The first-order valence-corrected chi connectivity index (χ1v) is 7.74. The maximum absolute atomic E-state index is 12.6. The average Bonchev–Trinajstić information content (AvgIpc) is 2.72. The summed E-state index contributed by atoms with van der Waals surface area (Å²) in [6.45, 7) is 5.52. The van der Waals surface area contributed by atoms with Gasteiger partial charge >= 0.3 is 6.03 Å². The minimum Gasteiger partial charge on any atom is -0.495 e. The highest BCUT2D eigenvalue weighted by Gasteiger charge is 2.29. The fourth-order valence-electron chi connectivity index (χ4n) is 2.82. The van der Waals surface area contributed by atoms with E-state index >= 15 is 0 Å². The summed E-state index contributed by atoms with van der Waals surface area (Å²) in [6, 6.07) is 5.66. The maximum Gasteiger partial charge on any atom is 0.321 e. The van der Waals surface area contributed by atoms with Gasteiger partial charge in [-0.25, -0.2) is 4.79 Å². The van der Waals surface area contributed by atoms with Gasteiger partial charge in [-0.1, -0.05) is 12.1 Å². The van der Waals surface area contributed by atoms with Crippen LogP contribution >= 0.6 is 0 Å². The number of nitrogens with zero attached hydrogens (tertiary/aromatic N) is 1. The number of aryl methyl sites for hydroxylation is 1. The molecule has 0 spiro atoms. The Morgan fingerprint density at radius 2 is 2.05 bits per heavy atom. The lowest BCUT2D eigenvalue weighted by Gasteiger charge is -2.26. The first kappa shape index (κ1) is 16.6. The zero-order valence-corrected chi connectivity index (χ0v) is 13.9. The fourth-order valence-corrected chi connectivity index (χ4v) is 2.82. The Morgan fingerprint density at radius 1 is 1.27 bits per heavy atom. The quantitative estimate of drug-likeness (QED) is 0.931. The Hall–Kier alpha value is -1.75. The number of rotatable bonds is 3. The van der Waals surface area contributed by atoms with Gasteiger partial charge in [0, 0.05) is 20.2 Å². The van der Waals surface area contributed by atoms with E-state index in [0.29, 0.717) is 12.3 Å². The number of amides is 2. The highest BCUT2D eigenvalue weighted by atomic mass is 16.5. The summed E-state index contributed by atoms with van der Waals surface area (Å²) in [7, 11) is 3.36. The zero-order valence-electron chi connectivity index (χ0n) is 13.9. The van der Waals surface area contributed by atoms with E-state index < -0.39 is 0 Å². The van der Waals surface area contributed by atoms with Crippen molar-refractivity contribution in [2.24, 2.45) is 0 Å². The molecule has 0 radical (unpaired) electrons. The van der Waals surface area contributed by atoms with Gasteiger partial charge < -0.3 is 19.7 Å². The fraction of sp³-hybridized carbons (Fsp3) is 0.588. The van der Waals surface area contributed by atoms with Crippen molar-refractivity contribution in [3.63, 3.8) is 0 Å². The highest BCUT2D eigenvalue weighted by Crippen LogP contribution is 2.29. The van der Waals surface area contributed by atoms with Crippen LogP contribution < -0.4 is 10.1 Å². The minimum atomic E-state index is -0.130. The normalized spacial score (nSPS) is 22.1. The van der Waals surface area contributed by atoms with E-state index in [4.69, 9.17) is 9.47 Å². The van der Waals surface area contributed by atoms with Gasteiger partial charge in [-0.3, -0.25) is 0 Å². The van der Waals surface area contributed by atoms with Gasteiger partial charge in [-0.15, -0.1) is 0 Å².